The van der Waals surface area contributed by atoms with Crippen molar-refractivity contribution in [3.63, 3.8) is 0 Å². The highest BCUT2D eigenvalue weighted by Crippen LogP contribution is 2.22. The van der Waals surface area contributed by atoms with E-state index in [-0.39, 0.29) is 6.54 Å². The first-order chi connectivity index (χ1) is 9.36. The summed E-state index contributed by atoms with van der Waals surface area (Å²) in [4.78, 5) is 0. The van der Waals surface area contributed by atoms with Crippen LogP contribution >= 0.6 is 11.6 Å². The normalized spacial score (nSPS) is 11.3. The highest BCUT2D eigenvalue weighted by molar-refractivity contribution is 7.92. The van der Waals surface area contributed by atoms with Gasteiger partial charge in [0.05, 0.1) is 18.5 Å². The molecular weight excluding hydrogens is 294 g/mol. The van der Waals surface area contributed by atoms with Gasteiger partial charge in [-0.1, -0.05) is 41.4 Å². The second-order valence-corrected chi connectivity index (χ2v) is 7.08. The Morgan fingerprint density at radius 3 is 2.30 bits per heavy atom. The number of nitrogens with zero attached hydrogens (tertiary/aromatic N) is 1. The fourth-order valence-electron chi connectivity index (χ4n) is 1.91. The third-order valence-corrected chi connectivity index (χ3v) is 4.31. The van der Waals surface area contributed by atoms with E-state index in [2.05, 4.69) is 0 Å². The van der Waals surface area contributed by atoms with Gasteiger partial charge in [-0.25, -0.2) is 8.42 Å². The minimum absolute atomic E-state index is 0.266. The van der Waals surface area contributed by atoms with Gasteiger partial charge < -0.3 is 0 Å². The van der Waals surface area contributed by atoms with Crippen LogP contribution in [0.4, 0.5) is 5.69 Å². The molecule has 0 heterocycles. The van der Waals surface area contributed by atoms with Crippen LogP contribution in [-0.2, 0) is 16.6 Å². The SMILES string of the molecule is Cc1ccc(N(Cc2cccc(Cl)c2)S(C)(=O)=O)cc1. The molecule has 2 aromatic rings. The summed E-state index contributed by atoms with van der Waals surface area (Å²) >= 11 is 5.94. The predicted octanol–water partition coefficient (Wildman–Crippen LogP) is 3.61. The van der Waals surface area contributed by atoms with Gasteiger partial charge in [0.1, 0.15) is 0 Å². The Morgan fingerprint density at radius 2 is 1.75 bits per heavy atom. The molecule has 0 aliphatic carbocycles. The van der Waals surface area contributed by atoms with Gasteiger partial charge in [0.25, 0.3) is 0 Å². The van der Waals surface area contributed by atoms with Crippen LogP contribution in [0.25, 0.3) is 0 Å². The number of aryl methyl sites for hydroxylation is 1. The lowest BCUT2D eigenvalue weighted by Crippen LogP contribution is -2.29. The van der Waals surface area contributed by atoms with Crippen LogP contribution in [-0.4, -0.2) is 14.7 Å². The molecule has 0 fully saturated rings. The predicted molar refractivity (Wildman–Crippen MR) is 83.7 cm³/mol. The van der Waals surface area contributed by atoms with E-state index in [1.807, 2.05) is 31.2 Å². The monoisotopic (exact) mass is 309 g/mol. The van der Waals surface area contributed by atoms with Gasteiger partial charge in [-0.2, -0.15) is 0 Å². The van der Waals surface area contributed by atoms with E-state index in [0.29, 0.717) is 10.7 Å². The zero-order valence-corrected chi connectivity index (χ0v) is 12.9. The third kappa shape index (κ3) is 3.74. The van der Waals surface area contributed by atoms with Gasteiger partial charge in [-0.3, -0.25) is 4.31 Å². The van der Waals surface area contributed by atoms with E-state index < -0.39 is 10.0 Å². The van der Waals surface area contributed by atoms with Crippen molar-refractivity contribution in [2.24, 2.45) is 0 Å². The van der Waals surface area contributed by atoms with E-state index in [9.17, 15) is 8.42 Å². The van der Waals surface area contributed by atoms with Crippen molar-refractivity contribution in [1.29, 1.82) is 0 Å². The Kier molecular flexibility index (Phi) is 4.35. The van der Waals surface area contributed by atoms with Gasteiger partial charge in [0.15, 0.2) is 0 Å². The Bertz CT molecular complexity index is 696. The van der Waals surface area contributed by atoms with Crippen LogP contribution in [0.1, 0.15) is 11.1 Å². The molecule has 0 saturated heterocycles. The van der Waals surface area contributed by atoms with Crippen molar-refractivity contribution >= 4 is 27.3 Å². The first-order valence-corrected chi connectivity index (χ1v) is 8.38. The fourth-order valence-corrected chi connectivity index (χ4v) is 3.01. The zero-order chi connectivity index (χ0) is 14.8. The van der Waals surface area contributed by atoms with Gasteiger partial charge in [-0.15, -0.1) is 0 Å². The van der Waals surface area contributed by atoms with Crippen molar-refractivity contribution in [2.45, 2.75) is 13.5 Å². The lowest BCUT2D eigenvalue weighted by atomic mass is 10.2. The number of hydrogen-bond acceptors (Lipinski definition) is 2. The number of hydrogen-bond donors (Lipinski definition) is 0. The van der Waals surface area contributed by atoms with Gasteiger partial charge in [0.2, 0.25) is 10.0 Å². The molecule has 0 N–H and O–H groups in total. The van der Waals surface area contributed by atoms with Crippen molar-refractivity contribution in [1.82, 2.24) is 0 Å². The molecule has 0 unspecified atom stereocenters. The third-order valence-electron chi connectivity index (χ3n) is 2.94. The number of halogens is 1. The number of benzene rings is 2. The maximum absolute atomic E-state index is 12.0. The summed E-state index contributed by atoms with van der Waals surface area (Å²) in [7, 11) is -3.35. The quantitative estimate of drug-likeness (QED) is 0.865. The molecule has 0 aliphatic rings. The fraction of sp³-hybridized carbons (Fsp3) is 0.200. The Hall–Kier alpha value is -1.52. The first-order valence-electron chi connectivity index (χ1n) is 6.15. The molecule has 106 valence electrons. The molecule has 0 spiro atoms. The summed E-state index contributed by atoms with van der Waals surface area (Å²) in [5, 5.41) is 0.597. The molecule has 0 radical (unpaired) electrons. The number of anilines is 1. The lowest BCUT2D eigenvalue weighted by Gasteiger charge is -2.22. The first kappa shape index (κ1) is 14.9. The molecule has 0 aliphatic heterocycles. The van der Waals surface area contributed by atoms with Crippen molar-refractivity contribution in [2.75, 3.05) is 10.6 Å². The minimum Gasteiger partial charge on any atom is -0.266 e. The van der Waals surface area contributed by atoms with Gasteiger partial charge >= 0.3 is 0 Å². The summed E-state index contributed by atoms with van der Waals surface area (Å²) in [6.07, 6.45) is 1.21. The molecule has 5 heteroatoms. The smallest absolute Gasteiger partial charge is 0.232 e. The summed E-state index contributed by atoms with van der Waals surface area (Å²) in [6.45, 7) is 2.23. The molecule has 2 rings (SSSR count). The summed E-state index contributed by atoms with van der Waals surface area (Å²) in [6, 6.07) is 14.6. The van der Waals surface area contributed by atoms with Crippen LogP contribution in [0.5, 0.6) is 0 Å². The Labute approximate surface area is 124 Å². The molecule has 0 atom stereocenters. The van der Waals surface area contributed by atoms with E-state index in [1.54, 1.807) is 24.3 Å². The number of rotatable bonds is 4. The van der Waals surface area contributed by atoms with E-state index in [0.717, 1.165) is 11.1 Å². The topological polar surface area (TPSA) is 37.4 Å². The summed E-state index contributed by atoms with van der Waals surface area (Å²) in [5.74, 6) is 0. The molecule has 3 nitrogen and oxygen atoms in total. The second-order valence-electron chi connectivity index (χ2n) is 4.74. The molecular formula is C15H16ClNO2S. The standard InChI is InChI=1S/C15H16ClNO2S/c1-12-6-8-15(9-7-12)17(20(2,18)19)11-13-4-3-5-14(16)10-13/h3-10H,11H2,1-2H3. The van der Waals surface area contributed by atoms with Crippen LogP contribution in [0.15, 0.2) is 48.5 Å². The van der Waals surface area contributed by atoms with Crippen LogP contribution in [0.2, 0.25) is 5.02 Å². The van der Waals surface area contributed by atoms with Gasteiger partial charge in [0, 0.05) is 5.02 Å². The van der Waals surface area contributed by atoms with Crippen LogP contribution in [0.3, 0.4) is 0 Å². The molecule has 20 heavy (non-hydrogen) atoms. The average Bonchev–Trinajstić information content (AvgIpc) is 2.36. The molecule has 2 aromatic carbocycles. The Morgan fingerprint density at radius 1 is 1.10 bits per heavy atom. The van der Waals surface area contributed by atoms with E-state index in [4.69, 9.17) is 11.6 Å². The zero-order valence-electron chi connectivity index (χ0n) is 11.4. The summed E-state index contributed by atoms with van der Waals surface area (Å²) in [5.41, 5.74) is 2.59. The minimum atomic E-state index is -3.35. The van der Waals surface area contributed by atoms with Crippen LogP contribution < -0.4 is 4.31 Å². The maximum Gasteiger partial charge on any atom is 0.232 e. The summed E-state index contributed by atoms with van der Waals surface area (Å²) < 4.78 is 25.4. The second kappa shape index (κ2) is 5.85. The molecule has 0 saturated carbocycles. The molecule has 0 amide bonds. The highest BCUT2D eigenvalue weighted by Gasteiger charge is 2.17. The van der Waals surface area contributed by atoms with E-state index in [1.165, 1.54) is 10.6 Å². The van der Waals surface area contributed by atoms with Crippen molar-refractivity contribution in [3.05, 3.63) is 64.7 Å². The molecule has 0 bridgehead atoms. The van der Waals surface area contributed by atoms with Gasteiger partial charge in [-0.05, 0) is 36.8 Å². The molecule has 0 aromatic heterocycles. The van der Waals surface area contributed by atoms with Crippen molar-refractivity contribution in [3.8, 4) is 0 Å². The Balaban J connectivity index is 2.37. The van der Waals surface area contributed by atoms with Crippen LogP contribution in [0, 0.1) is 6.92 Å². The van der Waals surface area contributed by atoms with Crippen molar-refractivity contribution < 1.29 is 8.42 Å². The van der Waals surface area contributed by atoms with E-state index >= 15 is 0 Å². The largest absolute Gasteiger partial charge is 0.266 e. The highest BCUT2D eigenvalue weighted by atomic mass is 35.5. The maximum atomic E-state index is 12.0. The number of sulfonamides is 1. The average molecular weight is 310 g/mol. The lowest BCUT2D eigenvalue weighted by molar-refractivity contribution is 0.596.